The van der Waals surface area contributed by atoms with E-state index in [0.29, 0.717) is 12.1 Å². The fraction of sp³-hybridized carbons (Fsp3) is 0.400. The van der Waals surface area contributed by atoms with E-state index in [1.54, 1.807) is 11.3 Å². The predicted molar refractivity (Wildman–Crippen MR) is 121 cm³/mol. The summed E-state index contributed by atoms with van der Waals surface area (Å²) in [6, 6.07) is 7.48. The van der Waals surface area contributed by atoms with Crippen LogP contribution in [0.25, 0.3) is 0 Å². The van der Waals surface area contributed by atoms with Crippen LogP contribution >= 0.6 is 23.1 Å². The van der Waals surface area contributed by atoms with Crippen molar-refractivity contribution in [2.75, 3.05) is 23.4 Å². The van der Waals surface area contributed by atoms with Crippen molar-refractivity contribution in [3.8, 4) is 0 Å². The van der Waals surface area contributed by atoms with Crippen LogP contribution < -0.4 is 10.6 Å². The fourth-order valence-electron chi connectivity index (χ4n) is 3.48. The summed E-state index contributed by atoms with van der Waals surface area (Å²) in [5, 5.41) is 9.06. The van der Waals surface area contributed by atoms with E-state index in [1.165, 1.54) is 22.2 Å². The highest BCUT2D eigenvalue weighted by Gasteiger charge is 2.42. The van der Waals surface area contributed by atoms with Crippen molar-refractivity contribution in [3.05, 3.63) is 51.2 Å². The SMILES string of the molecule is Cc1ccc(C(=O)NCCc2sccc2C)cc1NC1=N[C@@H]2CS(=O)(=O)C[C@@H]2S1. The molecular weight excluding hydrogens is 426 g/mol. The Morgan fingerprint density at radius 2 is 2.03 bits per heavy atom. The van der Waals surface area contributed by atoms with Crippen molar-refractivity contribution in [1.29, 1.82) is 0 Å². The third-order valence-corrected chi connectivity index (χ3v) is 9.39. The smallest absolute Gasteiger partial charge is 0.251 e. The molecule has 1 amide bonds. The van der Waals surface area contributed by atoms with E-state index in [-0.39, 0.29) is 28.7 Å². The number of nitrogens with one attached hydrogen (secondary N) is 2. The molecule has 2 atom stereocenters. The summed E-state index contributed by atoms with van der Waals surface area (Å²) in [6.07, 6.45) is 0.825. The molecule has 2 N–H and O–H groups in total. The Morgan fingerprint density at radius 3 is 2.76 bits per heavy atom. The van der Waals surface area contributed by atoms with E-state index in [9.17, 15) is 13.2 Å². The molecule has 6 nitrogen and oxygen atoms in total. The number of hydrogen-bond donors (Lipinski definition) is 2. The molecule has 154 valence electrons. The molecule has 2 aliphatic heterocycles. The topological polar surface area (TPSA) is 87.6 Å². The van der Waals surface area contributed by atoms with Gasteiger partial charge in [0.05, 0.1) is 17.5 Å². The Balaban J connectivity index is 1.39. The molecular formula is C20H23N3O3S3. The molecule has 1 saturated heterocycles. The van der Waals surface area contributed by atoms with Gasteiger partial charge in [0.15, 0.2) is 15.0 Å². The normalized spacial score (nSPS) is 22.2. The van der Waals surface area contributed by atoms with Gasteiger partial charge >= 0.3 is 0 Å². The number of anilines is 1. The fourth-order valence-corrected chi connectivity index (χ4v) is 8.06. The highest BCUT2D eigenvalue weighted by atomic mass is 32.2. The van der Waals surface area contributed by atoms with Crippen LogP contribution in [-0.4, -0.2) is 48.8 Å². The number of nitrogens with zero attached hydrogens (tertiary/aromatic N) is 1. The lowest BCUT2D eigenvalue weighted by molar-refractivity contribution is 0.0954. The molecule has 2 aromatic rings. The Kier molecular flexibility index (Phi) is 5.72. The van der Waals surface area contributed by atoms with E-state index >= 15 is 0 Å². The van der Waals surface area contributed by atoms with E-state index in [2.05, 4.69) is 34.0 Å². The molecule has 3 heterocycles. The first-order valence-corrected chi connectivity index (χ1v) is 13.0. The van der Waals surface area contributed by atoms with Crippen molar-refractivity contribution in [1.82, 2.24) is 5.32 Å². The van der Waals surface area contributed by atoms with Crippen LogP contribution in [0.3, 0.4) is 0 Å². The second-order valence-electron chi connectivity index (χ2n) is 7.42. The monoisotopic (exact) mass is 449 g/mol. The van der Waals surface area contributed by atoms with Gasteiger partial charge in [-0.15, -0.1) is 11.3 Å². The lowest BCUT2D eigenvalue weighted by atomic mass is 10.1. The number of hydrogen-bond acceptors (Lipinski definition) is 7. The number of carbonyl (C=O) groups excluding carboxylic acids is 1. The van der Waals surface area contributed by atoms with Crippen LogP contribution in [0.15, 0.2) is 34.6 Å². The van der Waals surface area contributed by atoms with Gasteiger partial charge < -0.3 is 10.6 Å². The summed E-state index contributed by atoms with van der Waals surface area (Å²) < 4.78 is 23.4. The first kappa shape index (κ1) is 20.4. The first-order valence-electron chi connectivity index (χ1n) is 9.44. The second-order valence-corrected chi connectivity index (χ2v) is 11.8. The molecule has 1 fully saturated rings. The zero-order valence-electron chi connectivity index (χ0n) is 16.3. The Morgan fingerprint density at radius 1 is 1.21 bits per heavy atom. The van der Waals surface area contributed by atoms with Gasteiger partial charge in [0.2, 0.25) is 0 Å². The predicted octanol–water partition coefficient (Wildman–Crippen LogP) is 3.02. The largest absolute Gasteiger partial charge is 0.352 e. The Hall–Kier alpha value is -1.84. The minimum absolute atomic E-state index is 0.00463. The minimum atomic E-state index is -2.96. The maximum atomic E-state index is 12.6. The molecule has 0 aliphatic carbocycles. The molecule has 4 rings (SSSR count). The Bertz CT molecular complexity index is 1080. The quantitative estimate of drug-likeness (QED) is 0.733. The van der Waals surface area contributed by atoms with Gasteiger partial charge in [0.1, 0.15) is 0 Å². The number of aliphatic imine (C=N–C) groups is 1. The zero-order valence-corrected chi connectivity index (χ0v) is 18.7. The zero-order chi connectivity index (χ0) is 20.6. The summed E-state index contributed by atoms with van der Waals surface area (Å²) in [5.74, 6) is 0.203. The van der Waals surface area contributed by atoms with Gasteiger partial charge in [-0.3, -0.25) is 9.79 Å². The van der Waals surface area contributed by atoms with Crippen LogP contribution in [0.5, 0.6) is 0 Å². The number of thioether (sulfide) groups is 1. The molecule has 2 aliphatic rings. The number of carbonyl (C=O) groups is 1. The van der Waals surface area contributed by atoms with Crippen LogP contribution in [0.1, 0.15) is 26.4 Å². The molecule has 9 heteroatoms. The Labute approximate surface area is 179 Å². The standard InChI is InChI=1S/C20H23N3O3S3/c1-12-3-4-14(19(24)21-7-5-17-13(2)6-8-27-17)9-15(12)22-20-23-16-10-29(25,26)11-18(16)28-20/h3-4,6,8-9,16,18H,5,7,10-11H2,1-2H3,(H,21,24)(H,22,23)/t16-,18+/m1/s1. The maximum Gasteiger partial charge on any atom is 0.251 e. The highest BCUT2D eigenvalue weighted by Crippen LogP contribution is 2.35. The van der Waals surface area contributed by atoms with Crippen LogP contribution in [0.2, 0.25) is 0 Å². The van der Waals surface area contributed by atoms with Crippen molar-refractivity contribution in [2.45, 2.75) is 31.6 Å². The van der Waals surface area contributed by atoms with Gasteiger partial charge in [-0.25, -0.2) is 8.42 Å². The maximum absolute atomic E-state index is 12.6. The van der Waals surface area contributed by atoms with Crippen molar-refractivity contribution in [3.63, 3.8) is 0 Å². The molecule has 0 bridgehead atoms. The number of amidine groups is 1. The average molecular weight is 450 g/mol. The lowest BCUT2D eigenvalue weighted by Crippen LogP contribution is -2.25. The van der Waals surface area contributed by atoms with Gasteiger partial charge in [-0.1, -0.05) is 17.8 Å². The lowest BCUT2D eigenvalue weighted by Gasteiger charge is -2.12. The molecule has 29 heavy (non-hydrogen) atoms. The molecule has 1 aromatic heterocycles. The number of aryl methyl sites for hydroxylation is 2. The second kappa shape index (κ2) is 8.12. The number of benzene rings is 1. The number of rotatable bonds is 5. The van der Waals surface area contributed by atoms with Crippen LogP contribution in [0, 0.1) is 13.8 Å². The summed E-state index contributed by atoms with van der Waals surface area (Å²) in [6.45, 7) is 4.64. The van der Waals surface area contributed by atoms with Gasteiger partial charge in [-0.05, 0) is 55.0 Å². The first-order chi connectivity index (χ1) is 13.8. The molecule has 1 aromatic carbocycles. The number of fused-ring (bicyclic) bond motifs is 1. The molecule has 0 radical (unpaired) electrons. The molecule has 0 spiro atoms. The third kappa shape index (κ3) is 4.67. The number of sulfone groups is 1. The summed E-state index contributed by atoms with van der Waals surface area (Å²) in [5.41, 5.74) is 3.68. The summed E-state index contributed by atoms with van der Waals surface area (Å²) in [7, 11) is -2.96. The molecule has 0 unspecified atom stereocenters. The summed E-state index contributed by atoms with van der Waals surface area (Å²) >= 11 is 3.19. The van der Waals surface area contributed by atoms with Gasteiger partial charge in [-0.2, -0.15) is 0 Å². The number of amides is 1. The van der Waals surface area contributed by atoms with E-state index < -0.39 is 9.84 Å². The highest BCUT2D eigenvalue weighted by molar-refractivity contribution is 8.15. The van der Waals surface area contributed by atoms with Crippen LogP contribution in [0.4, 0.5) is 5.69 Å². The van der Waals surface area contributed by atoms with Crippen molar-refractivity contribution in [2.24, 2.45) is 4.99 Å². The average Bonchev–Trinajstić information content (AvgIpc) is 3.29. The van der Waals surface area contributed by atoms with Gasteiger partial charge in [0, 0.05) is 27.9 Å². The van der Waals surface area contributed by atoms with E-state index in [0.717, 1.165) is 22.8 Å². The number of thiophene rings is 1. The van der Waals surface area contributed by atoms with E-state index in [1.807, 2.05) is 25.1 Å². The summed E-state index contributed by atoms with van der Waals surface area (Å²) in [4.78, 5) is 18.4. The van der Waals surface area contributed by atoms with Crippen LogP contribution in [-0.2, 0) is 16.3 Å². The molecule has 0 saturated carbocycles. The van der Waals surface area contributed by atoms with Crippen molar-refractivity contribution >= 4 is 49.7 Å². The minimum Gasteiger partial charge on any atom is -0.352 e. The van der Waals surface area contributed by atoms with E-state index in [4.69, 9.17) is 0 Å². The van der Waals surface area contributed by atoms with Gasteiger partial charge in [0.25, 0.3) is 5.91 Å². The third-order valence-electron chi connectivity index (χ3n) is 5.17. The van der Waals surface area contributed by atoms with Crippen molar-refractivity contribution < 1.29 is 13.2 Å².